The Kier molecular flexibility index (Phi) is 7.38. The number of aromatic nitrogens is 2. The van der Waals surface area contributed by atoms with Crippen molar-refractivity contribution < 1.29 is 24.9 Å². The van der Waals surface area contributed by atoms with Crippen LogP contribution >= 0.6 is 0 Å². The lowest BCUT2D eigenvalue weighted by Gasteiger charge is -2.31. The van der Waals surface area contributed by atoms with E-state index in [-0.39, 0.29) is 18.8 Å². The fourth-order valence-electron chi connectivity index (χ4n) is 3.62. The number of nitrogens with zero attached hydrogens (tertiary/aromatic N) is 3. The van der Waals surface area contributed by atoms with Gasteiger partial charge in [0, 0.05) is 25.5 Å². The van der Waals surface area contributed by atoms with E-state index in [1.807, 2.05) is 25.2 Å². The predicted molar refractivity (Wildman–Crippen MR) is 127 cm³/mol. The number of hydrogen-bond donors (Lipinski definition) is 4. The van der Waals surface area contributed by atoms with E-state index in [1.165, 1.54) is 15.6 Å². The number of phenolic OH excluding ortho intramolecular Hbond substituents is 1. The fourth-order valence-corrected chi connectivity index (χ4v) is 3.62. The number of benzene rings is 1. The first-order valence-electron chi connectivity index (χ1n) is 10.9. The van der Waals surface area contributed by atoms with E-state index in [9.17, 15) is 24.9 Å². The number of allylic oxidation sites excluding steroid dienone is 3. The Labute approximate surface area is 198 Å². The number of amides is 2. The van der Waals surface area contributed by atoms with Gasteiger partial charge in [-0.25, -0.2) is 4.68 Å². The highest BCUT2D eigenvalue weighted by Crippen LogP contribution is 2.27. The second-order valence-corrected chi connectivity index (χ2v) is 8.46. The van der Waals surface area contributed by atoms with E-state index in [0.717, 1.165) is 18.1 Å². The van der Waals surface area contributed by atoms with Crippen molar-refractivity contribution in [2.75, 3.05) is 13.1 Å². The third-order valence-electron chi connectivity index (χ3n) is 5.82. The molecule has 0 bridgehead atoms. The maximum absolute atomic E-state index is 12.8. The Bertz CT molecular complexity index is 1130. The molecule has 3 rings (SSSR count). The largest absolute Gasteiger partial charge is 0.506 e. The van der Waals surface area contributed by atoms with Crippen LogP contribution in [0.4, 0.5) is 0 Å². The molecule has 0 radical (unpaired) electrons. The lowest BCUT2D eigenvalue weighted by Crippen LogP contribution is -2.58. The smallest absolute Gasteiger partial charge is 0.255 e. The highest BCUT2D eigenvalue weighted by atomic mass is 16.4. The van der Waals surface area contributed by atoms with E-state index in [0.29, 0.717) is 11.3 Å². The van der Waals surface area contributed by atoms with Crippen LogP contribution in [0.15, 0.2) is 72.6 Å². The van der Waals surface area contributed by atoms with Crippen LogP contribution in [-0.2, 0) is 9.59 Å². The predicted octanol–water partition coefficient (Wildman–Crippen LogP) is 1.77. The average Bonchev–Trinajstić information content (AvgIpc) is 3.46. The Morgan fingerprint density at radius 2 is 2.06 bits per heavy atom. The molecule has 1 fully saturated rings. The number of carbonyl (C=O) groups excluding carboxylic acids is 2. The molecule has 2 amide bonds. The van der Waals surface area contributed by atoms with Gasteiger partial charge in [-0.1, -0.05) is 30.9 Å². The number of likely N-dealkylation sites (tertiary alicyclic amines) is 1. The minimum atomic E-state index is -2.38. The molecule has 4 N–H and O–H groups in total. The zero-order valence-corrected chi connectivity index (χ0v) is 19.5. The van der Waals surface area contributed by atoms with Crippen LogP contribution in [0.1, 0.15) is 32.4 Å². The fraction of sp³-hybridized carbons (Fsp3) is 0.320. The van der Waals surface area contributed by atoms with Crippen molar-refractivity contribution in [3.63, 3.8) is 0 Å². The molecule has 1 aromatic heterocycles. The molecule has 1 aromatic carbocycles. The number of hydrogen-bond acceptors (Lipinski definition) is 6. The lowest BCUT2D eigenvalue weighted by molar-refractivity contribution is -0.165. The summed E-state index contributed by atoms with van der Waals surface area (Å²) in [5.74, 6) is -1.72. The lowest BCUT2D eigenvalue weighted by atomic mass is 9.95. The van der Waals surface area contributed by atoms with E-state index in [1.54, 1.807) is 37.5 Å². The van der Waals surface area contributed by atoms with Crippen LogP contribution < -0.4 is 5.32 Å². The topological polar surface area (TPSA) is 128 Å². The molecule has 1 aliphatic rings. The number of aliphatic hydroxyl groups excluding tert-OH is 1. The molecule has 34 heavy (non-hydrogen) atoms. The quantitative estimate of drug-likeness (QED) is 0.492. The number of aromatic hydroxyl groups is 1. The van der Waals surface area contributed by atoms with Gasteiger partial charge in [-0.15, -0.1) is 0 Å². The van der Waals surface area contributed by atoms with Gasteiger partial charge in [0.15, 0.2) is 11.7 Å². The molecule has 0 spiro atoms. The van der Waals surface area contributed by atoms with E-state index < -0.39 is 29.6 Å². The molecule has 9 nitrogen and oxygen atoms in total. The SMILES string of the molecule is C=C1CN(C(=O)[C@H](O)[C@@](C)(O)C(=O)N[C@H](C)c2ccc(-n3cccn3)c(O)c2)C/C1=C/C=C\C. The van der Waals surface area contributed by atoms with Crippen molar-refractivity contribution in [2.45, 2.75) is 38.5 Å². The van der Waals surface area contributed by atoms with Gasteiger partial charge in [0.25, 0.3) is 11.8 Å². The van der Waals surface area contributed by atoms with Gasteiger partial charge in [-0.3, -0.25) is 9.59 Å². The van der Waals surface area contributed by atoms with Crippen molar-refractivity contribution >= 4 is 11.8 Å². The first-order valence-corrected chi connectivity index (χ1v) is 10.9. The molecular weight excluding hydrogens is 436 g/mol. The monoisotopic (exact) mass is 466 g/mol. The summed E-state index contributed by atoms with van der Waals surface area (Å²) < 4.78 is 1.50. The number of aliphatic hydroxyl groups is 2. The van der Waals surface area contributed by atoms with Gasteiger partial charge in [-0.05, 0) is 55.7 Å². The summed E-state index contributed by atoms with van der Waals surface area (Å²) in [6, 6.07) is 5.93. The van der Waals surface area contributed by atoms with Crippen molar-refractivity contribution in [1.29, 1.82) is 0 Å². The minimum absolute atomic E-state index is 0.0414. The van der Waals surface area contributed by atoms with Crippen LogP contribution in [0.25, 0.3) is 5.69 Å². The van der Waals surface area contributed by atoms with Crippen LogP contribution in [0.5, 0.6) is 5.75 Å². The zero-order valence-electron chi connectivity index (χ0n) is 19.5. The van der Waals surface area contributed by atoms with E-state index in [4.69, 9.17) is 0 Å². The summed E-state index contributed by atoms with van der Waals surface area (Å²) in [6.45, 7) is 8.99. The van der Waals surface area contributed by atoms with Crippen LogP contribution in [0.3, 0.4) is 0 Å². The molecule has 0 aliphatic carbocycles. The molecule has 0 saturated carbocycles. The summed E-state index contributed by atoms with van der Waals surface area (Å²) >= 11 is 0. The second-order valence-electron chi connectivity index (χ2n) is 8.46. The van der Waals surface area contributed by atoms with Crippen molar-refractivity contribution in [3.8, 4) is 11.4 Å². The standard InChI is InChI=1S/C25H30N4O5/c1-5-6-8-19-15-28(14-16(19)2)23(32)22(31)25(4,34)24(33)27-17(3)18-9-10-20(21(30)13-18)29-12-7-11-26-29/h5-13,17,22,30-31,34H,2,14-15H2,1,3-4H3,(H,27,33)/b6-5-,19-8-/t17-,22+,25-/m1/s1. The highest BCUT2D eigenvalue weighted by molar-refractivity contribution is 5.94. The normalized spacial score (nSPS) is 18.8. The minimum Gasteiger partial charge on any atom is -0.506 e. The third kappa shape index (κ3) is 5.11. The Morgan fingerprint density at radius 1 is 1.32 bits per heavy atom. The Hall–Kier alpha value is -3.69. The summed E-state index contributed by atoms with van der Waals surface area (Å²) in [7, 11) is 0. The molecule has 9 heteroatoms. The molecule has 1 aliphatic heterocycles. The molecule has 3 atom stereocenters. The molecule has 0 unspecified atom stereocenters. The van der Waals surface area contributed by atoms with Gasteiger partial charge < -0.3 is 25.5 Å². The summed E-state index contributed by atoms with van der Waals surface area (Å²) in [4.78, 5) is 27.0. The molecular formula is C25H30N4O5. The number of phenols is 1. The number of nitrogens with one attached hydrogen (secondary N) is 1. The highest BCUT2D eigenvalue weighted by Gasteiger charge is 2.45. The molecule has 2 heterocycles. The second kappa shape index (κ2) is 10.1. The summed E-state index contributed by atoms with van der Waals surface area (Å²) in [5.41, 5.74) is 0.229. The van der Waals surface area contributed by atoms with E-state index >= 15 is 0 Å². The van der Waals surface area contributed by atoms with Crippen LogP contribution in [-0.4, -0.2) is 66.6 Å². The average molecular weight is 467 g/mol. The molecule has 2 aromatic rings. The Morgan fingerprint density at radius 3 is 2.68 bits per heavy atom. The maximum Gasteiger partial charge on any atom is 0.255 e. The molecule has 180 valence electrons. The van der Waals surface area contributed by atoms with Crippen LogP contribution in [0, 0.1) is 0 Å². The first kappa shape index (κ1) is 24.9. The van der Waals surface area contributed by atoms with E-state index in [2.05, 4.69) is 17.0 Å². The molecule has 1 saturated heterocycles. The van der Waals surface area contributed by atoms with Gasteiger partial charge in [-0.2, -0.15) is 5.10 Å². The van der Waals surface area contributed by atoms with Gasteiger partial charge in [0.05, 0.1) is 6.04 Å². The Balaban J connectivity index is 1.68. The first-order chi connectivity index (χ1) is 16.1. The number of carbonyl (C=O) groups is 2. The summed E-state index contributed by atoms with van der Waals surface area (Å²) in [5, 5.41) is 38.4. The van der Waals surface area contributed by atoms with Crippen molar-refractivity contribution in [1.82, 2.24) is 20.0 Å². The third-order valence-corrected chi connectivity index (χ3v) is 5.82. The zero-order chi connectivity index (χ0) is 25.0. The van der Waals surface area contributed by atoms with Gasteiger partial charge in [0.1, 0.15) is 11.4 Å². The van der Waals surface area contributed by atoms with Gasteiger partial charge in [0.2, 0.25) is 0 Å². The van der Waals surface area contributed by atoms with Crippen molar-refractivity contribution in [3.05, 3.63) is 78.2 Å². The summed E-state index contributed by atoms with van der Waals surface area (Å²) in [6.07, 6.45) is 6.81. The van der Waals surface area contributed by atoms with Crippen molar-refractivity contribution in [2.24, 2.45) is 0 Å². The van der Waals surface area contributed by atoms with Gasteiger partial charge >= 0.3 is 0 Å². The number of rotatable bonds is 7. The maximum atomic E-state index is 12.8. The van der Waals surface area contributed by atoms with Crippen LogP contribution in [0.2, 0.25) is 0 Å².